The van der Waals surface area contributed by atoms with Crippen LogP contribution in [-0.2, 0) is 4.79 Å². The van der Waals surface area contributed by atoms with Crippen LogP contribution in [0.2, 0.25) is 0 Å². The van der Waals surface area contributed by atoms with Crippen LogP contribution in [0.25, 0.3) is 0 Å². The second kappa shape index (κ2) is 8.74. The highest BCUT2D eigenvalue weighted by atomic mass is 16.3. The molecule has 152 valence electrons. The van der Waals surface area contributed by atoms with Gasteiger partial charge in [-0.1, -0.05) is 12.1 Å². The Kier molecular flexibility index (Phi) is 6.13. The van der Waals surface area contributed by atoms with Gasteiger partial charge in [0.15, 0.2) is 0 Å². The van der Waals surface area contributed by atoms with E-state index < -0.39 is 11.8 Å². The van der Waals surface area contributed by atoms with Gasteiger partial charge in [-0.3, -0.25) is 19.3 Å². The van der Waals surface area contributed by atoms with Crippen LogP contribution in [0.4, 0.5) is 5.69 Å². The molecule has 1 fully saturated rings. The number of benzene rings is 2. The Bertz CT molecular complexity index is 887. The van der Waals surface area contributed by atoms with Gasteiger partial charge in [-0.2, -0.15) is 0 Å². The fourth-order valence-electron chi connectivity index (χ4n) is 3.56. The summed E-state index contributed by atoms with van der Waals surface area (Å²) in [6.45, 7) is 1.74. The van der Waals surface area contributed by atoms with E-state index in [1.807, 2.05) is 12.1 Å². The second-order valence-corrected chi connectivity index (χ2v) is 7.22. The molecule has 0 bridgehead atoms. The zero-order chi connectivity index (χ0) is 21.0. The summed E-state index contributed by atoms with van der Waals surface area (Å²) in [6, 6.07) is 11.4. The quantitative estimate of drug-likeness (QED) is 0.585. The summed E-state index contributed by atoms with van der Waals surface area (Å²) in [7, 11) is 0. The normalized spacial score (nSPS) is 15.0. The number of nitrogens with zero attached hydrogens (tertiary/aromatic N) is 1. The molecule has 2 aromatic rings. The SMILES string of the molecule is NC(=O)c1cc(NC(=O)CN2CCC(c3ccc(O)cc3)CC2)cc(C(N)=O)c1. The number of phenolic OH excluding ortho intramolecular Hbond substituents is 1. The van der Waals surface area contributed by atoms with E-state index in [4.69, 9.17) is 11.5 Å². The van der Waals surface area contributed by atoms with E-state index in [2.05, 4.69) is 10.2 Å². The van der Waals surface area contributed by atoms with Gasteiger partial charge in [0.25, 0.3) is 0 Å². The van der Waals surface area contributed by atoms with Crippen molar-refractivity contribution in [2.75, 3.05) is 25.0 Å². The highest BCUT2D eigenvalue weighted by Gasteiger charge is 2.22. The predicted octanol–water partition coefficient (Wildman–Crippen LogP) is 1.41. The summed E-state index contributed by atoms with van der Waals surface area (Å²) in [4.78, 5) is 37.3. The topological polar surface area (TPSA) is 139 Å². The first kappa shape index (κ1) is 20.3. The molecule has 3 rings (SSSR count). The van der Waals surface area contributed by atoms with E-state index in [1.165, 1.54) is 23.8 Å². The maximum absolute atomic E-state index is 12.4. The van der Waals surface area contributed by atoms with Crippen LogP contribution in [0, 0.1) is 0 Å². The second-order valence-electron chi connectivity index (χ2n) is 7.22. The fraction of sp³-hybridized carbons (Fsp3) is 0.286. The minimum absolute atomic E-state index is 0.103. The number of aromatic hydroxyl groups is 1. The van der Waals surface area contributed by atoms with Crippen molar-refractivity contribution in [3.05, 3.63) is 59.2 Å². The monoisotopic (exact) mass is 396 g/mol. The number of piperidine rings is 1. The van der Waals surface area contributed by atoms with Gasteiger partial charge in [-0.05, 0) is 67.7 Å². The first-order valence-electron chi connectivity index (χ1n) is 9.37. The highest BCUT2D eigenvalue weighted by Crippen LogP contribution is 2.29. The van der Waals surface area contributed by atoms with Gasteiger partial charge < -0.3 is 21.9 Å². The maximum Gasteiger partial charge on any atom is 0.248 e. The molecule has 1 aliphatic heterocycles. The van der Waals surface area contributed by atoms with Crippen molar-refractivity contribution in [3.8, 4) is 5.75 Å². The first-order valence-corrected chi connectivity index (χ1v) is 9.37. The Morgan fingerprint density at radius 3 is 2.03 bits per heavy atom. The third kappa shape index (κ3) is 5.32. The lowest BCUT2D eigenvalue weighted by Crippen LogP contribution is -2.38. The van der Waals surface area contributed by atoms with Gasteiger partial charge in [0.05, 0.1) is 6.54 Å². The molecule has 0 saturated carbocycles. The number of phenols is 1. The number of hydrogen-bond donors (Lipinski definition) is 4. The standard InChI is InChI=1S/C21H24N4O4/c22-20(28)15-9-16(21(23)29)11-17(10-15)24-19(27)12-25-7-5-14(6-8-25)13-1-3-18(26)4-2-13/h1-4,9-11,14,26H,5-8,12H2,(H2,22,28)(H2,23,29)(H,24,27). The molecule has 0 atom stereocenters. The Hall–Kier alpha value is -3.39. The van der Waals surface area contributed by atoms with Crippen LogP contribution in [-0.4, -0.2) is 47.4 Å². The molecule has 0 spiro atoms. The lowest BCUT2D eigenvalue weighted by atomic mass is 9.89. The number of anilines is 1. The molecule has 1 aliphatic rings. The molecule has 0 aromatic heterocycles. The van der Waals surface area contributed by atoms with Crippen LogP contribution in [0.1, 0.15) is 45.0 Å². The number of nitrogens with one attached hydrogen (secondary N) is 1. The molecule has 0 unspecified atom stereocenters. The van der Waals surface area contributed by atoms with Gasteiger partial charge in [0, 0.05) is 16.8 Å². The third-order valence-corrected chi connectivity index (χ3v) is 5.11. The minimum atomic E-state index is -0.708. The van der Waals surface area contributed by atoms with Crippen molar-refractivity contribution >= 4 is 23.4 Å². The van der Waals surface area contributed by atoms with Crippen molar-refractivity contribution in [1.82, 2.24) is 4.90 Å². The van der Waals surface area contributed by atoms with Crippen LogP contribution in [0.15, 0.2) is 42.5 Å². The third-order valence-electron chi connectivity index (χ3n) is 5.11. The number of carbonyl (C=O) groups excluding carboxylic acids is 3. The lowest BCUT2D eigenvalue weighted by molar-refractivity contribution is -0.117. The number of likely N-dealkylation sites (tertiary alicyclic amines) is 1. The van der Waals surface area contributed by atoms with E-state index in [1.54, 1.807) is 12.1 Å². The summed E-state index contributed by atoms with van der Waals surface area (Å²) < 4.78 is 0. The zero-order valence-electron chi connectivity index (χ0n) is 15.9. The predicted molar refractivity (Wildman–Crippen MR) is 109 cm³/mol. The van der Waals surface area contributed by atoms with Gasteiger partial charge >= 0.3 is 0 Å². The molecular weight excluding hydrogens is 372 g/mol. The number of nitrogens with two attached hydrogens (primary N) is 2. The minimum Gasteiger partial charge on any atom is -0.508 e. The Morgan fingerprint density at radius 1 is 0.966 bits per heavy atom. The molecule has 3 amide bonds. The molecular formula is C21H24N4O4. The summed E-state index contributed by atoms with van der Waals surface area (Å²) in [5, 5.41) is 12.1. The van der Waals surface area contributed by atoms with Crippen LogP contribution < -0.4 is 16.8 Å². The summed E-state index contributed by atoms with van der Waals surface area (Å²) in [5.41, 5.74) is 12.3. The van der Waals surface area contributed by atoms with Crippen molar-refractivity contribution in [2.45, 2.75) is 18.8 Å². The molecule has 8 nitrogen and oxygen atoms in total. The van der Waals surface area contributed by atoms with Crippen molar-refractivity contribution in [2.24, 2.45) is 11.5 Å². The molecule has 2 aromatic carbocycles. The summed E-state index contributed by atoms with van der Waals surface area (Å²) in [6.07, 6.45) is 1.84. The molecule has 29 heavy (non-hydrogen) atoms. The Labute approximate surface area is 168 Å². The van der Waals surface area contributed by atoms with Crippen LogP contribution in [0.5, 0.6) is 5.75 Å². The van der Waals surface area contributed by atoms with Gasteiger partial charge in [0.1, 0.15) is 5.75 Å². The Balaban J connectivity index is 1.57. The van der Waals surface area contributed by atoms with E-state index in [0.29, 0.717) is 11.6 Å². The number of primary amides is 2. The Morgan fingerprint density at radius 2 is 1.52 bits per heavy atom. The van der Waals surface area contributed by atoms with Crippen LogP contribution >= 0.6 is 0 Å². The van der Waals surface area contributed by atoms with Crippen molar-refractivity contribution in [3.63, 3.8) is 0 Å². The number of amides is 3. The zero-order valence-corrected chi connectivity index (χ0v) is 15.9. The van der Waals surface area contributed by atoms with Crippen LogP contribution in [0.3, 0.4) is 0 Å². The summed E-state index contributed by atoms with van der Waals surface area (Å²) in [5.74, 6) is -1.01. The van der Waals surface area contributed by atoms with E-state index in [-0.39, 0.29) is 29.3 Å². The molecule has 8 heteroatoms. The highest BCUT2D eigenvalue weighted by molar-refractivity contribution is 6.01. The van der Waals surface area contributed by atoms with Crippen molar-refractivity contribution in [1.29, 1.82) is 0 Å². The van der Waals surface area contributed by atoms with E-state index in [9.17, 15) is 19.5 Å². The summed E-state index contributed by atoms with van der Waals surface area (Å²) >= 11 is 0. The molecule has 0 radical (unpaired) electrons. The van der Waals surface area contributed by atoms with Crippen molar-refractivity contribution < 1.29 is 19.5 Å². The average Bonchev–Trinajstić information content (AvgIpc) is 2.69. The molecule has 6 N–H and O–H groups in total. The smallest absolute Gasteiger partial charge is 0.248 e. The molecule has 1 heterocycles. The maximum atomic E-state index is 12.4. The number of hydrogen-bond acceptors (Lipinski definition) is 5. The largest absolute Gasteiger partial charge is 0.508 e. The van der Waals surface area contributed by atoms with E-state index in [0.717, 1.165) is 25.9 Å². The molecule has 1 saturated heterocycles. The number of rotatable bonds is 6. The van der Waals surface area contributed by atoms with Gasteiger partial charge in [-0.25, -0.2) is 0 Å². The fourth-order valence-corrected chi connectivity index (χ4v) is 3.56. The first-order chi connectivity index (χ1) is 13.8. The average molecular weight is 396 g/mol. The lowest BCUT2D eigenvalue weighted by Gasteiger charge is -2.31. The van der Waals surface area contributed by atoms with Gasteiger partial charge in [0.2, 0.25) is 17.7 Å². The van der Waals surface area contributed by atoms with Gasteiger partial charge in [-0.15, -0.1) is 0 Å². The number of carbonyl (C=O) groups is 3. The van der Waals surface area contributed by atoms with E-state index >= 15 is 0 Å². The molecule has 0 aliphatic carbocycles.